The van der Waals surface area contributed by atoms with Crippen molar-refractivity contribution in [1.82, 2.24) is 13.7 Å². The minimum atomic E-state index is -0.183. The van der Waals surface area contributed by atoms with Gasteiger partial charge in [0.2, 0.25) is 0 Å². The third-order valence-electron chi connectivity index (χ3n) is 20.3. The highest BCUT2D eigenvalue weighted by Crippen LogP contribution is 2.45. The van der Waals surface area contributed by atoms with Gasteiger partial charge in [-0.25, -0.2) is 22.5 Å². The number of aryl methyl sites for hydroxylation is 9. The van der Waals surface area contributed by atoms with Crippen LogP contribution in [0.5, 0.6) is 0 Å². The molecule has 0 N–H and O–H groups in total. The predicted molar refractivity (Wildman–Crippen MR) is 406 cm³/mol. The number of benzene rings is 12. The van der Waals surface area contributed by atoms with E-state index < -0.39 is 0 Å². The predicted octanol–water partition coefficient (Wildman–Crippen LogP) is 21.3. The number of halogens is 2. The van der Waals surface area contributed by atoms with Crippen LogP contribution in [0.1, 0.15) is 58.7 Å². The van der Waals surface area contributed by atoms with Crippen molar-refractivity contribution < 1.29 is 22.5 Å². The largest absolute Gasteiger partial charge is 0.294 e. The fraction of sp³-hybridized carbons (Fsp3) is 0.129. The smallest absolute Gasteiger partial charge is 0.229 e. The lowest BCUT2D eigenvalue weighted by Crippen LogP contribution is -2.39. The number of imidazole rings is 3. The van der Waals surface area contributed by atoms with E-state index >= 15 is 0 Å². The van der Waals surface area contributed by atoms with Crippen molar-refractivity contribution in [1.29, 1.82) is 0 Å². The van der Waals surface area contributed by atoms with Crippen molar-refractivity contribution in [3.8, 4) is 118 Å². The van der Waals surface area contributed by atoms with E-state index in [0.717, 1.165) is 101 Å². The zero-order valence-corrected chi connectivity index (χ0v) is 57.7. The van der Waals surface area contributed by atoms with Gasteiger partial charge in [0, 0.05) is 41.5 Å². The Balaban J connectivity index is 0.000000122. The molecule has 18 rings (SSSR count). The van der Waals surface area contributed by atoms with E-state index in [2.05, 4.69) is 336 Å². The molecule has 0 saturated heterocycles. The molecule has 3 aliphatic heterocycles. The molecule has 0 saturated carbocycles. The first-order chi connectivity index (χ1) is 49.5. The molecule has 15 aromatic rings. The maximum Gasteiger partial charge on any atom is 0.294 e. The molecule has 3 aromatic heterocycles. The maximum absolute atomic E-state index is 14.2. The Bertz CT molecular complexity index is 5390. The second kappa shape index (κ2) is 27.4. The van der Waals surface area contributed by atoms with Gasteiger partial charge < -0.3 is 0 Å². The molecule has 6 nitrogen and oxygen atoms in total. The van der Waals surface area contributed by atoms with Gasteiger partial charge >= 0.3 is 0 Å². The van der Waals surface area contributed by atoms with Gasteiger partial charge in [0.15, 0.2) is 0 Å². The monoisotopic (exact) mass is 1320 g/mol. The van der Waals surface area contributed by atoms with Gasteiger partial charge in [-0.1, -0.05) is 226 Å². The molecule has 0 aliphatic carbocycles. The summed E-state index contributed by atoms with van der Waals surface area (Å²) in [7, 11) is 0. The summed E-state index contributed by atoms with van der Waals surface area (Å²) in [5.41, 5.74) is 30.2. The second-order valence-corrected chi connectivity index (χ2v) is 27.3. The van der Waals surface area contributed by atoms with Gasteiger partial charge in [0.25, 0.3) is 17.5 Å². The Labute approximate surface area is 590 Å². The number of hydrogen-bond donors (Lipinski definition) is 0. The lowest BCUT2D eigenvalue weighted by atomic mass is 9.89. The Morgan fingerprint density at radius 3 is 1.03 bits per heavy atom. The van der Waals surface area contributed by atoms with Crippen molar-refractivity contribution >= 4 is 0 Å². The van der Waals surface area contributed by atoms with Crippen LogP contribution in [0.2, 0.25) is 0 Å². The van der Waals surface area contributed by atoms with Gasteiger partial charge in [-0.2, -0.15) is 13.7 Å². The highest BCUT2D eigenvalue weighted by molar-refractivity contribution is 5.92. The Morgan fingerprint density at radius 2 is 0.634 bits per heavy atom. The highest BCUT2D eigenvalue weighted by atomic mass is 19.1. The first-order valence-electron chi connectivity index (χ1n) is 35.3. The average Bonchev–Trinajstić information content (AvgIpc) is 1.70. The topological polar surface area (TPSA) is 26.4 Å². The van der Waals surface area contributed by atoms with Crippen LogP contribution in [0.4, 0.5) is 8.78 Å². The molecule has 0 fully saturated rings. The summed E-state index contributed by atoms with van der Waals surface area (Å²) in [5, 5.41) is 0. The van der Waals surface area contributed by atoms with Crippen LogP contribution in [0, 0.1) is 32.4 Å². The van der Waals surface area contributed by atoms with Crippen LogP contribution in [0.25, 0.3) is 118 Å². The number of rotatable bonds is 10. The Morgan fingerprint density at radius 1 is 0.297 bits per heavy atom. The van der Waals surface area contributed by atoms with Crippen LogP contribution >= 0.6 is 0 Å². The van der Waals surface area contributed by atoms with Crippen LogP contribution in [-0.4, -0.2) is 13.7 Å². The van der Waals surface area contributed by atoms with Crippen LogP contribution in [-0.2, 0) is 38.9 Å². The number of nitrogens with zero attached hydrogens (tertiary/aromatic N) is 6. The molecule has 0 atom stereocenters. The molecule has 12 aromatic carbocycles. The standard InChI is InChI=1S/C38H33N2.C35H26FN2.C20H20FN2/c1-27(2)33-25-34(29-14-8-4-9-15-29)37(35(26-33)30-16-10-5-11-17-30)40-23-22-39-21-20-31-18-19-32(24-36(31)38(39)40)28-12-6-3-7-13-28;36-30-16-17-31-28(22-30)18-19-37-20-21-38(35(31)37)34-32(26-12-6-2-7-13-26)23-29(25-10-4-1-5-11-25)24-33(34)27-14-8-3-9-15-27;1-13-10-14(2)19(15(3)11-13)23-9-8-22-7-6-16-12-17(21)4-5-18(16)20(22)23/h3-19,22-27H,20-21H2,1-2H3;1-17,20-24H,18-19H2;4-5,8-12H,6-7H2,1-3H3/q3*+1. The number of hydrogen-bond acceptors (Lipinski definition) is 0. The summed E-state index contributed by atoms with van der Waals surface area (Å²) in [4.78, 5) is 0. The quantitative estimate of drug-likeness (QED) is 0.122. The molecule has 0 spiro atoms. The molecule has 8 heteroatoms. The van der Waals surface area contributed by atoms with E-state index in [4.69, 9.17) is 0 Å². The zero-order chi connectivity index (χ0) is 68.7. The second-order valence-electron chi connectivity index (χ2n) is 27.3. The average molecular weight is 1320 g/mol. The first kappa shape index (κ1) is 63.8. The summed E-state index contributed by atoms with van der Waals surface area (Å²) >= 11 is 0. The summed E-state index contributed by atoms with van der Waals surface area (Å²) in [6.45, 7) is 13.7. The third-order valence-corrected chi connectivity index (χ3v) is 20.3. The molecular formula is C93H79F2N6+3. The molecule has 0 unspecified atom stereocenters. The van der Waals surface area contributed by atoms with Gasteiger partial charge in [-0.15, -0.1) is 0 Å². The summed E-state index contributed by atoms with van der Waals surface area (Å²) in [6.07, 6.45) is 15.8. The minimum Gasteiger partial charge on any atom is -0.229 e. The van der Waals surface area contributed by atoms with E-state index in [1.165, 1.54) is 95.1 Å². The summed E-state index contributed by atoms with van der Waals surface area (Å²) < 4.78 is 41.7. The van der Waals surface area contributed by atoms with Gasteiger partial charge in [-0.3, -0.25) is 0 Å². The van der Waals surface area contributed by atoms with Crippen LogP contribution in [0.3, 0.4) is 0 Å². The molecule has 0 amide bonds. The lowest BCUT2D eigenvalue weighted by Gasteiger charge is -2.20. The molecule has 101 heavy (non-hydrogen) atoms. The normalized spacial score (nSPS) is 12.4. The molecule has 6 heterocycles. The fourth-order valence-electron chi connectivity index (χ4n) is 15.6. The minimum absolute atomic E-state index is 0.155. The third kappa shape index (κ3) is 12.5. The zero-order valence-electron chi connectivity index (χ0n) is 57.7. The molecule has 0 bridgehead atoms. The van der Waals surface area contributed by atoms with Crippen LogP contribution < -0.4 is 13.7 Å². The SMILES string of the molecule is CC(C)c1cc(-c2ccccc2)c(-n2cc[n+]3c2-c2cc(-c4ccccc4)ccc2CC3)c(-c2ccccc2)c1.Cc1cc(C)c(-n2cc[n+]3c2-c2ccc(F)cc2CC3)c(C)c1.Fc1ccc2c(c1)CC[n+]1ccn(-c3c(-c4ccccc4)cc(-c4ccccc4)cc3-c3ccccc3)c1-2. The van der Waals surface area contributed by atoms with Crippen molar-refractivity contribution in [2.45, 2.75) is 79.4 Å². The maximum atomic E-state index is 14.2. The van der Waals surface area contributed by atoms with E-state index in [-0.39, 0.29) is 11.6 Å². The molecule has 492 valence electrons. The van der Waals surface area contributed by atoms with Crippen molar-refractivity contribution in [3.63, 3.8) is 0 Å². The van der Waals surface area contributed by atoms with Crippen molar-refractivity contribution in [3.05, 3.63) is 361 Å². The fourth-order valence-corrected chi connectivity index (χ4v) is 15.6. The summed E-state index contributed by atoms with van der Waals surface area (Å²) in [6, 6.07) is 95.3. The van der Waals surface area contributed by atoms with Crippen molar-refractivity contribution in [2.75, 3.05) is 0 Å². The number of fused-ring (bicyclic) bond motifs is 9. The van der Waals surface area contributed by atoms with E-state index in [1.54, 1.807) is 24.3 Å². The lowest BCUT2D eigenvalue weighted by molar-refractivity contribution is -0.686. The summed E-state index contributed by atoms with van der Waals surface area (Å²) in [5.74, 6) is 3.54. The van der Waals surface area contributed by atoms with Gasteiger partial charge in [-0.05, 0) is 171 Å². The Hall–Kier alpha value is -11.9. The van der Waals surface area contributed by atoms with Crippen molar-refractivity contribution in [2.24, 2.45) is 0 Å². The van der Waals surface area contributed by atoms with Gasteiger partial charge in [0.05, 0.1) is 36.3 Å². The van der Waals surface area contributed by atoms with E-state index in [9.17, 15) is 8.78 Å². The Kier molecular flexibility index (Phi) is 17.3. The van der Waals surface area contributed by atoms with E-state index in [0.29, 0.717) is 5.92 Å². The molecular weight excluding hydrogens is 1240 g/mol. The van der Waals surface area contributed by atoms with E-state index in [1.807, 2.05) is 12.1 Å². The van der Waals surface area contributed by atoms with Gasteiger partial charge in [0.1, 0.15) is 65.9 Å². The highest BCUT2D eigenvalue weighted by Gasteiger charge is 2.35. The number of aromatic nitrogens is 6. The molecule has 3 aliphatic rings. The molecule has 0 radical (unpaired) electrons. The first-order valence-corrected chi connectivity index (χ1v) is 35.3. The van der Waals surface area contributed by atoms with Crippen LogP contribution in [0.15, 0.2) is 310 Å².